The second-order valence-corrected chi connectivity index (χ2v) is 7.03. The van der Waals surface area contributed by atoms with Crippen molar-refractivity contribution in [1.29, 1.82) is 0 Å². The summed E-state index contributed by atoms with van der Waals surface area (Å²) in [4.78, 5) is 19.3. The lowest BCUT2D eigenvalue weighted by Crippen LogP contribution is -2.46. The van der Waals surface area contributed by atoms with Crippen molar-refractivity contribution < 1.29 is 4.79 Å². The van der Waals surface area contributed by atoms with E-state index in [0.717, 1.165) is 50.2 Å². The highest BCUT2D eigenvalue weighted by Crippen LogP contribution is 2.24. The van der Waals surface area contributed by atoms with Gasteiger partial charge in [-0.25, -0.2) is 4.98 Å². The first-order valence-corrected chi connectivity index (χ1v) is 9.15. The second-order valence-electron chi connectivity index (χ2n) is 7.03. The average Bonchev–Trinajstić information content (AvgIpc) is 3.11. The normalized spacial score (nSPS) is 22.7. The van der Waals surface area contributed by atoms with Crippen LogP contribution in [0.2, 0.25) is 0 Å². The Morgan fingerprint density at radius 2 is 1.96 bits per heavy atom. The number of nitrogens with one attached hydrogen (secondary N) is 1. The first-order chi connectivity index (χ1) is 11.8. The molecule has 6 heteroatoms. The third-order valence-corrected chi connectivity index (χ3v) is 5.34. The van der Waals surface area contributed by atoms with Gasteiger partial charge in [0.1, 0.15) is 5.82 Å². The summed E-state index contributed by atoms with van der Waals surface area (Å²) in [5.41, 5.74) is 0.848. The smallest absolute Gasteiger partial charge is 0.225 e. The lowest BCUT2D eigenvalue weighted by atomic mass is 9.93. The fraction of sp³-hybridized carbons (Fsp3) is 0.611. The summed E-state index contributed by atoms with van der Waals surface area (Å²) >= 11 is 0. The van der Waals surface area contributed by atoms with Gasteiger partial charge in [0, 0.05) is 31.4 Å². The van der Waals surface area contributed by atoms with E-state index in [0.29, 0.717) is 6.04 Å². The van der Waals surface area contributed by atoms with Crippen molar-refractivity contribution in [3.05, 3.63) is 24.5 Å². The Bertz CT molecular complexity index is 706. The summed E-state index contributed by atoms with van der Waals surface area (Å²) in [5.74, 6) is 1.33. The largest absolute Gasteiger partial charge is 0.356 e. The van der Waals surface area contributed by atoms with Crippen LogP contribution in [0.15, 0.2) is 24.5 Å². The number of hydrogen-bond acceptors (Lipinski definition) is 4. The van der Waals surface area contributed by atoms with E-state index in [1.165, 1.54) is 19.3 Å². The highest BCUT2D eigenvalue weighted by atomic mass is 16.2. The van der Waals surface area contributed by atoms with Crippen LogP contribution >= 0.6 is 0 Å². The number of nitrogens with zero attached hydrogens (tertiary/aromatic N) is 4. The van der Waals surface area contributed by atoms with Crippen LogP contribution in [0.5, 0.6) is 0 Å². The summed E-state index contributed by atoms with van der Waals surface area (Å²) in [6, 6.07) is 4.28. The number of piperidine rings is 1. The van der Waals surface area contributed by atoms with Crippen LogP contribution in [0.1, 0.15) is 44.9 Å². The van der Waals surface area contributed by atoms with Crippen molar-refractivity contribution in [3.8, 4) is 0 Å². The lowest BCUT2D eigenvalue weighted by molar-refractivity contribution is -0.126. The SMILES string of the molecule is O=C(NC1CCCCC1)C1CCCN(c2ccnc3ccnn23)C1. The summed E-state index contributed by atoms with van der Waals surface area (Å²) in [6.07, 6.45) is 11.7. The number of carbonyl (C=O) groups is 1. The van der Waals surface area contributed by atoms with Gasteiger partial charge >= 0.3 is 0 Å². The molecule has 2 aromatic heterocycles. The summed E-state index contributed by atoms with van der Waals surface area (Å²) in [7, 11) is 0. The van der Waals surface area contributed by atoms with E-state index < -0.39 is 0 Å². The molecule has 4 rings (SSSR count). The van der Waals surface area contributed by atoms with Gasteiger partial charge in [-0.1, -0.05) is 19.3 Å². The molecule has 128 valence electrons. The molecule has 24 heavy (non-hydrogen) atoms. The van der Waals surface area contributed by atoms with Crippen molar-refractivity contribution in [2.75, 3.05) is 18.0 Å². The second kappa shape index (κ2) is 6.79. The number of anilines is 1. The van der Waals surface area contributed by atoms with Crippen LogP contribution in [0.4, 0.5) is 5.82 Å². The Kier molecular flexibility index (Phi) is 4.36. The highest BCUT2D eigenvalue weighted by Gasteiger charge is 2.28. The number of amides is 1. The van der Waals surface area contributed by atoms with Crippen molar-refractivity contribution in [2.24, 2.45) is 5.92 Å². The van der Waals surface area contributed by atoms with Crippen LogP contribution in [0.25, 0.3) is 5.65 Å². The van der Waals surface area contributed by atoms with Crippen molar-refractivity contribution in [1.82, 2.24) is 19.9 Å². The molecule has 1 saturated carbocycles. The molecular formula is C18H25N5O. The molecule has 0 bridgehead atoms. The Morgan fingerprint density at radius 3 is 2.83 bits per heavy atom. The third kappa shape index (κ3) is 3.09. The zero-order valence-corrected chi connectivity index (χ0v) is 14.0. The number of hydrogen-bond donors (Lipinski definition) is 1. The fourth-order valence-electron chi connectivity index (χ4n) is 4.03. The van der Waals surface area contributed by atoms with E-state index in [9.17, 15) is 4.79 Å². The average molecular weight is 327 g/mol. The van der Waals surface area contributed by atoms with Gasteiger partial charge in [0.25, 0.3) is 0 Å². The molecule has 2 aliphatic rings. The van der Waals surface area contributed by atoms with Crippen molar-refractivity contribution in [3.63, 3.8) is 0 Å². The van der Waals surface area contributed by atoms with Crippen LogP contribution in [-0.2, 0) is 4.79 Å². The first-order valence-electron chi connectivity index (χ1n) is 9.15. The minimum absolute atomic E-state index is 0.0689. The molecule has 1 N–H and O–H groups in total. The molecule has 1 amide bonds. The molecule has 1 aliphatic heterocycles. The molecule has 1 unspecified atom stereocenters. The van der Waals surface area contributed by atoms with Gasteiger partial charge in [-0.15, -0.1) is 0 Å². The Labute approximate surface area is 142 Å². The van der Waals surface area contributed by atoms with Gasteiger partial charge in [0.05, 0.1) is 12.1 Å². The van der Waals surface area contributed by atoms with E-state index in [4.69, 9.17) is 0 Å². The standard InChI is InChI=1S/C18H25N5O/c24-18(21-15-6-2-1-3-7-15)14-5-4-12-22(13-14)17-9-10-19-16-8-11-20-23(16)17/h8-11,14-15H,1-7,12-13H2,(H,21,24). The molecule has 0 spiro atoms. The van der Waals surface area contributed by atoms with Gasteiger partial charge in [-0.2, -0.15) is 9.61 Å². The van der Waals surface area contributed by atoms with Gasteiger partial charge in [0.15, 0.2) is 5.65 Å². The molecule has 1 saturated heterocycles. The number of carbonyl (C=O) groups excluding carboxylic acids is 1. The zero-order valence-electron chi connectivity index (χ0n) is 14.0. The van der Waals surface area contributed by atoms with Crippen molar-refractivity contribution in [2.45, 2.75) is 51.0 Å². The van der Waals surface area contributed by atoms with Crippen LogP contribution < -0.4 is 10.2 Å². The molecule has 6 nitrogen and oxygen atoms in total. The van der Waals surface area contributed by atoms with E-state index >= 15 is 0 Å². The Hall–Kier alpha value is -2.11. The zero-order chi connectivity index (χ0) is 16.4. The van der Waals surface area contributed by atoms with E-state index in [-0.39, 0.29) is 11.8 Å². The van der Waals surface area contributed by atoms with E-state index in [1.807, 2.05) is 22.8 Å². The predicted octanol–water partition coefficient (Wildman–Crippen LogP) is 2.39. The summed E-state index contributed by atoms with van der Waals surface area (Å²) in [5, 5.41) is 7.66. The molecule has 0 aromatic carbocycles. The third-order valence-electron chi connectivity index (χ3n) is 5.34. The minimum Gasteiger partial charge on any atom is -0.356 e. The lowest BCUT2D eigenvalue weighted by Gasteiger charge is -2.34. The molecule has 3 heterocycles. The maximum atomic E-state index is 12.7. The van der Waals surface area contributed by atoms with Gasteiger partial charge < -0.3 is 10.2 Å². The molecule has 2 fully saturated rings. The summed E-state index contributed by atoms with van der Waals surface area (Å²) in [6.45, 7) is 1.73. The van der Waals surface area contributed by atoms with Crippen LogP contribution in [-0.4, -0.2) is 39.6 Å². The van der Waals surface area contributed by atoms with Crippen LogP contribution in [0, 0.1) is 5.92 Å². The molecule has 0 radical (unpaired) electrons. The maximum absolute atomic E-state index is 12.7. The number of rotatable bonds is 3. The van der Waals surface area contributed by atoms with E-state index in [2.05, 4.69) is 20.3 Å². The number of aromatic nitrogens is 3. The molecule has 1 atom stereocenters. The number of fused-ring (bicyclic) bond motifs is 1. The highest BCUT2D eigenvalue weighted by molar-refractivity contribution is 5.80. The molecule has 2 aromatic rings. The predicted molar refractivity (Wildman–Crippen MR) is 92.9 cm³/mol. The van der Waals surface area contributed by atoms with Gasteiger partial charge in [0.2, 0.25) is 5.91 Å². The molecule has 1 aliphatic carbocycles. The van der Waals surface area contributed by atoms with Crippen LogP contribution in [0.3, 0.4) is 0 Å². The van der Waals surface area contributed by atoms with E-state index in [1.54, 1.807) is 6.20 Å². The minimum atomic E-state index is 0.0689. The monoisotopic (exact) mass is 327 g/mol. The quantitative estimate of drug-likeness (QED) is 0.940. The maximum Gasteiger partial charge on any atom is 0.225 e. The molecular weight excluding hydrogens is 302 g/mol. The van der Waals surface area contributed by atoms with Gasteiger partial charge in [-0.3, -0.25) is 4.79 Å². The Morgan fingerprint density at radius 1 is 1.08 bits per heavy atom. The van der Waals surface area contributed by atoms with Gasteiger partial charge in [-0.05, 0) is 31.7 Å². The Balaban J connectivity index is 1.45. The fourth-order valence-corrected chi connectivity index (χ4v) is 4.03. The first kappa shape index (κ1) is 15.4. The summed E-state index contributed by atoms with van der Waals surface area (Å²) < 4.78 is 1.86. The topological polar surface area (TPSA) is 62.5 Å². The van der Waals surface area contributed by atoms with Crippen molar-refractivity contribution >= 4 is 17.4 Å².